The summed E-state index contributed by atoms with van der Waals surface area (Å²) >= 11 is 0. The maximum atomic E-state index is 12.8. The van der Waals surface area contributed by atoms with Gasteiger partial charge in [-0.3, -0.25) is 9.36 Å². The third kappa shape index (κ3) is 3.92. The normalized spacial score (nSPS) is 16.1. The van der Waals surface area contributed by atoms with Gasteiger partial charge in [-0.2, -0.15) is 13.2 Å². The van der Waals surface area contributed by atoms with E-state index in [1.54, 1.807) is 4.90 Å². The van der Waals surface area contributed by atoms with Crippen LogP contribution in [-0.4, -0.2) is 39.6 Å². The van der Waals surface area contributed by atoms with E-state index in [-0.39, 0.29) is 27.9 Å². The van der Waals surface area contributed by atoms with Crippen LogP contribution in [-0.2, 0) is 13.0 Å². The molecule has 1 aromatic heterocycles. The topological polar surface area (TPSA) is 58.1 Å². The molecule has 2 heterocycles. The smallest absolute Gasteiger partial charge is 0.337 e. The molecule has 1 saturated heterocycles. The zero-order valence-electron chi connectivity index (χ0n) is 15.8. The highest BCUT2D eigenvalue weighted by molar-refractivity contribution is 5.98. The fourth-order valence-corrected chi connectivity index (χ4v) is 4.02. The number of rotatable bonds is 4. The molecule has 4 rings (SSSR count). The van der Waals surface area contributed by atoms with Gasteiger partial charge in [-0.25, -0.2) is 4.79 Å². The van der Waals surface area contributed by atoms with Crippen molar-refractivity contribution in [2.75, 3.05) is 13.1 Å². The first-order chi connectivity index (χ1) is 13.6. The quantitative estimate of drug-likeness (QED) is 0.724. The first kappa shape index (κ1) is 19.3. The van der Waals surface area contributed by atoms with Gasteiger partial charge in [0.05, 0.1) is 11.0 Å². The maximum absolute atomic E-state index is 12.8. The number of carbonyl (C=O) groups is 1. The summed E-state index contributed by atoms with van der Waals surface area (Å²) in [5, 5.41) is 0. The summed E-state index contributed by atoms with van der Waals surface area (Å²) in [7, 11) is 0. The summed E-state index contributed by atoms with van der Waals surface area (Å²) in [5.41, 5.74) is 0.940. The summed E-state index contributed by atoms with van der Waals surface area (Å²) in [6.45, 7) is 1.85. The average Bonchev–Trinajstić information content (AvgIpc) is 2.93. The van der Waals surface area contributed by atoms with Crippen LogP contribution in [0, 0.1) is 5.41 Å². The Kier molecular flexibility index (Phi) is 4.52. The molecule has 1 N–H and O–H groups in total. The molecule has 152 valence electrons. The molecular formula is C21H20F3N3O2. The Balaban J connectivity index is 1.52. The Morgan fingerprint density at radius 1 is 1.14 bits per heavy atom. The van der Waals surface area contributed by atoms with E-state index in [2.05, 4.69) is 24.0 Å². The van der Waals surface area contributed by atoms with Gasteiger partial charge in [0, 0.05) is 24.1 Å². The molecular weight excluding hydrogens is 383 g/mol. The largest absolute Gasteiger partial charge is 0.406 e. The van der Waals surface area contributed by atoms with Gasteiger partial charge in [0.25, 0.3) is 5.91 Å². The Bertz CT molecular complexity index is 1110. The number of aromatic amines is 1. The lowest BCUT2D eigenvalue weighted by Gasteiger charge is -2.48. The fourth-order valence-electron chi connectivity index (χ4n) is 4.02. The minimum atomic E-state index is -4.53. The zero-order valence-corrected chi connectivity index (χ0v) is 15.8. The van der Waals surface area contributed by atoms with Crippen LogP contribution in [0.25, 0.3) is 11.0 Å². The summed E-state index contributed by atoms with van der Waals surface area (Å²) < 4.78 is 39.0. The number of aromatic nitrogens is 2. The minimum absolute atomic E-state index is 0.0341. The van der Waals surface area contributed by atoms with Crippen LogP contribution in [0.5, 0.6) is 0 Å². The molecule has 0 atom stereocenters. The molecule has 8 heteroatoms. The van der Waals surface area contributed by atoms with Gasteiger partial charge in [0.2, 0.25) is 0 Å². The predicted octanol–water partition coefficient (Wildman–Crippen LogP) is 3.60. The minimum Gasteiger partial charge on any atom is -0.337 e. The van der Waals surface area contributed by atoms with E-state index in [9.17, 15) is 22.8 Å². The molecule has 0 bridgehead atoms. The van der Waals surface area contributed by atoms with Gasteiger partial charge in [0.15, 0.2) is 0 Å². The molecule has 0 saturated carbocycles. The van der Waals surface area contributed by atoms with Gasteiger partial charge in [-0.15, -0.1) is 0 Å². The summed E-state index contributed by atoms with van der Waals surface area (Å²) in [6, 6.07) is 14.4. The van der Waals surface area contributed by atoms with Gasteiger partial charge in [-0.05, 0) is 30.2 Å². The molecule has 0 radical (unpaired) electrons. The van der Waals surface area contributed by atoms with E-state index in [0.717, 1.165) is 6.42 Å². The average molecular weight is 403 g/mol. The Labute approximate surface area is 164 Å². The number of nitrogens with one attached hydrogen (secondary N) is 1. The lowest BCUT2D eigenvalue weighted by molar-refractivity contribution is -0.140. The number of hydrogen-bond acceptors (Lipinski definition) is 2. The van der Waals surface area contributed by atoms with Crippen LogP contribution in [0.2, 0.25) is 0 Å². The number of likely N-dealkylation sites (tertiary alicyclic amines) is 1. The number of amides is 1. The predicted molar refractivity (Wildman–Crippen MR) is 103 cm³/mol. The molecule has 5 nitrogen and oxygen atoms in total. The van der Waals surface area contributed by atoms with Crippen molar-refractivity contribution in [3.63, 3.8) is 0 Å². The number of imidazole rings is 1. The molecule has 3 aromatic rings. The second kappa shape index (κ2) is 6.79. The first-order valence-corrected chi connectivity index (χ1v) is 9.26. The van der Waals surface area contributed by atoms with Gasteiger partial charge in [0.1, 0.15) is 6.54 Å². The zero-order chi connectivity index (χ0) is 20.8. The Morgan fingerprint density at radius 3 is 2.48 bits per heavy atom. The van der Waals surface area contributed by atoms with E-state index in [1.165, 1.54) is 23.8 Å². The van der Waals surface area contributed by atoms with Gasteiger partial charge >= 0.3 is 11.9 Å². The summed E-state index contributed by atoms with van der Waals surface area (Å²) in [5.74, 6) is -0.246. The molecule has 0 aliphatic carbocycles. The summed E-state index contributed by atoms with van der Waals surface area (Å²) in [6.07, 6.45) is -3.69. The molecule has 1 amide bonds. The SMILES string of the molecule is CC1(Cc2ccccc2)CN(C(=O)c2ccc3[nH]c(=O)n(CC(F)(F)F)c3c2)C1. The molecule has 1 aliphatic rings. The van der Waals surface area contributed by atoms with Crippen LogP contribution in [0.4, 0.5) is 13.2 Å². The Morgan fingerprint density at radius 2 is 1.83 bits per heavy atom. The second-order valence-electron chi connectivity index (χ2n) is 8.00. The van der Waals surface area contributed by atoms with Crippen molar-refractivity contribution >= 4 is 16.9 Å². The van der Waals surface area contributed by atoms with Crippen molar-refractivity contribution in [2.45, 2.75) is 26.1 Å². The number of halogens is 3. The van der Waals surface area contributed by atoms with Crippen LogP contribution < -0.4 is 5.69 Å². The highest BCUT2D eigenvalue weighted by Gasteiger charge is 2.41. The standard InChI is InChI=1S/C21H20F3N3O2/c1-20(10-14-5-3-2-4-6-14)11-26(12-20)18(28)15-7-8-16-17(9-15)27(19(29)25-16)13-21(22,23)24/h2-9H,10-13H2,1H3,(H,25,29). The molecule has 0 spiro atoms. The lowest BCUT2D eigenvalue weighted by Crippen LogP contribution is -2.57. The van der Waals surface area contributed by atoms with E-state index in [1.807, 2.05) is 18.2 Å². The van der Waals surface area contributed by atoms with E-state index in [0.29, 0.717) is 17.7 Å². The number of hydrogen-bond donors (Lipinski definition) is 1. The van der Waals surface area contributed by atoms with Gasteiger partial charge < -0.3 is 9.88 Å². The number of nitrogens with zero attached hydrogens (tertiary/aromatic N) is 2. The number of benzene rings is 2. The first-order valence-electron chi connectivity index (χ1n) is 9.26. The van der Waals surface area contributed by atoms with E-state index >= 15 is 0 Å². The highest BCUT2D eigenvalue weighted by Crippen LogP contribution is 2.34. The molecule has 29 heavy (non-hydrogen) atoms. The molecule has 1 aliphatic heterocycles. The van der Waals surface area contributed by atoms with Crippen LogP contribution >= 0.6 is 0 Å². The maximum Gasteiger partial charge on any atom is 0.406 e. The number of fused-ring (bicyclic) bond motifs is 1. The van der Waals surface area contributed by atoms with Crippen molar-refractivity contribution < 1.29 is 18.0 Å². The third-order valence-electron chi connectivity index (χ3n) is 5.27. The summed E-state index contributed by atoms with van der Waals surface area (Å²) in [4.78, 5) is 28.8. The molecule has 2 aromatic carbocycles. The van der Waals surface area contributed by atoms with Crippen LogP contribution in [0.3, 0.4) is 0 Å². The van der Waals surface area contributed by atoms with Crippen molar-refractivity contribution in [1.29, 1.82) is 0 Å². The highest BCUT2D eigenvalue weighted by atomic mass is 19.4. The van der Waals surface area contributed by atoms with Crippen LogP contribution in [0.15, 0.2) is 53.3 Å². The van der Waals surface area contributed by atoms with E-state index in [4.69, 9.17) is 0 Å². The number of alkyl halides is 3. The monoisotopic (exact) mass is 403 g/mol. The van der Waals surface area contributed by atoms with Crippen molar-refractivity contribution in [3.05, 3.63) is 70.1 Å². The second-order valence-corrected chi connectivity index (χ2v) is 8.00. The fraction of sp³-hybridized carbons (Fsp3) is 0.333. The molecule has 1 fully saturated rings. The third-order valence-corrected chi connectivity index (χ3v) is 5.27. The lowest BCUT2D eigenvalue weighted by atomic mass is 9.76. The van der Waals surface area contributed by atoms with Crippen LogP contribution in [0.1, 0.15) is 22.8 Å². The molecule has 0 unspecified atom stereocenters. The van der Waals surface area contributed by atoms with Crippen molar-refractivity contribution in [1.82, 2.24) is 14.5 Å². The Hall–Kier alpha value is -3.03. The number of H-pyrrole nitrogens is 1. The van der Waals surface area contributed by atoms with E-state index < -0.39 is 18.4 Å². The van der Waals surface area contributed by atoms with Gasteiger partial charge in [-0.1, -0.05) is 37.3 Å². The van der Waals surface area contributed by atoms with Crippen molar-refractivity contribution in [3.8, 4) is 0 Å². The van der Waals surface area contributed by atoms with Crippen molar-refractivity contribution in [2.24, 2.45) is 5.41 Å². The number of carbonyl (C=O) groups excluding carboxylic acids is 1.